The second kappa shape index (κ2) is 4.12. The summed E-state index contributed by atoms with van der Waals surface area (Å²) < 4.78 is 0. The van der Waals surface area contributed by atoms with Crippen molar-refractivity contribution in [3.8, 4) is 0 Å². The highest BCUT2D eigenvalue weighted by Gasteiger charge is 2.32. The molecule has 1 aliphatic carbocycles. The van der Waals surface area contributed by atoms with Crippen molar-refractivity contribution in [2.45, 2.75) is 40.0 Å². The lowest BCUT2D eigenvalue weighted by Crippen LogP contribution is -2.26. The van der Waals surface area contributed by atoms with Crippen molar-refractivity contribution < 1.29 is 0 Å². The maximum Gasteiger partial charge on any atom is 0.0939 e. The van der Waals surface area contributed by atoms with Crippen LogP contribution in [0.2, 0.25) is 0 Å². The summed E-state index contributed by atoms with van der Waals surface area (Å²) in [7, 11) is 0. The van der Waals surface area contributed by atoms with Gasteiger partial charge in [-0.2, -0.15) is 0 Å². The van der Waals surface area contributed by atoms with E-state index in [0.29, 0.717) is 17.7 Å². The van der Waals surface area contributed by atoms with Gasteiger partial charge in [0.25, 0.3) is 0 Å². The van der Waals surface area contributed by atoms with Gasteiger partial charge in [0.05, 0.1) is 5.84 Å². The van der Waals surface area contributed by atoms with E-state index in [1.165, 1.54) is 12.8 Å². The third-order valence-corrected chi connectivity index (χ3v) is 3.33. The summed E-state index contributed by atoms with van der Waals surface area (Å²) in [5, 5.41) is 7.47. The standard InChI is InChI=1S/C11H22N2/c1-7(2)10(11(12)13)5-4-9-6-8(9)3/h7-10H,4-6H2,1-3H3,(H3,12,13)/t8-,9?,10+/m0/s1. The number of hydrogen-bond donors (Lipinski definition) is 2. The molecule has 0 aromatic heterocycles. The summed E-state index contributed by atoms with van der Waals surface area (Å²) in [4.78, 5) is 0. The Morgan fingerprint density at radius 3 is 2.38 bits per heavy atom. The molecule has 0 radical (unpaired) electrons. The van der Waals surface area contributed by atoms with Gasteiger partial charge in [-0.05, 0) is 37.0 Å². The molecule has 0 amide bonds. The molecular weight excluding hydrogens is 160 g/mol. The van der Waals surface area contributed by atoms with Crippen molar-refractivity contribution in [1.82, 2.24) is 0 Å². The van der Waals surface area contributed by atoms with Gasteiger partial charge in [-0.1, -0.05) is 20.8 Å². The minimum absolute atomic E-state index is 0.313. The Kier molecular flexibility index (Phi) is 3.34. The molecule has 2 heteroatoms. The van der Waals surface area contributed by atoms with Crippen LogP contribution < -0.4 is 5.73 Å². The van der Waals surface area contributed by atoms with Crippen molar-refractivity contribution in [1.29, 1.82) is 5.41 Å². The molecule has 3 atom stereocenters. The van der Waals surface area contributed by atoms with Crippen molar-refractivity contribution in [3.63, 3.8) is 0 Å². The van der Waals surface area contributed by atoms with Gasteiger partial charge >= 0.3 is 0 Å². The molecule has 0 spiro atoms. The molecule has 1 unspecified atom stereocenters. The van der Waals surface area contributed by atoms with Gasteiger partial charge in [-0.25, -0.2) is 0 Å². The zero-order valence-electron chi connectivity index (χ0n) is 9.01. The zero-order chi connectivity index (χ0) is 10.0. The Balaban J connectivity index is 2.26. The summed E-state index contributed by atoms with van der Waals surface area (Å²) in [6.45, 7) is 6.62. The molecule has 0 saturated heterocycles. The lowest BCUT2D eigenvalue weighted by Gasteiger charge is -2.18. The van der Waals surface area contributed by atoms with Crippen LogP contribution in [0.4, 0.5) is 0 Å². The van der Waals surface area contributed by atoms with Crippen LogP contribution in [0.1, 0.15) is 40.0 Å². The van der Waals surface area contributed by atoms with Gasteiger partial charge in [-0.15, -0.1) is 0 Å². The van der Waals surface area contributed by atoms with E-state index in [9.17, 15) is 0 Å². The first-order chi connectivity index (χ1) is 6.02. The second-order valence-corrected chi connectivity index (χ2v) is 4.86. The summed E-state index contributed by atoms with van der Waals surface area (Å²) in [5.41, 5.74) is 5.56. The number of hydrogen-bond acceptors (Lipinski definition) is 1. The van der Waals surface area contributed by atoms with Gasteiger partial charge < -0.3 is 5.73 Å². The van der Waals surface area contributed by atoms with Crippen molar-refractivity contribution in [3.05, 3.63) is 0 Å². The Morgan fingerprint density at radius 1 is 1.54 bits per heavy atom. The smallest absolute Gasteiger partial charge is 0.0939 e. The predicted molar refractivity (Wildman–Crippen MR) is 56.7 cm³/mol. The van der Waals surface area contributed by atoms with Crippen LogP contribution in [0.25, 0.3) is 0 Å². The zero-order valence-corrected chi connectivity index (χ0v) is 9.01. The summed E-state index contributed by atoms with van der Waals surface area (Å²) in [6.07, 6.45) is 3.77. The van der Waals surface area contributed by atoms with Gasteiger partial charge in [-0.3, -0.25) is 5.41 Å². The average molecular weight is 182 g/mol. The summed E-state index contributed by atoms with van der Waals surface area (Å²) in [6, 6.07) is 0. The minimum Gasteiger partial charge on any atom is -0.387 e. The fraction of sp³-hybridized carbons (Fsp3) is 0.909. The maximum atomic E-state index is 7.47. The van der Waals surface area contributed by atoms with Crippen molar-refractivity contribution >= 4 is 5.84 Å². The number of rotatable bonds is 5. The lowest BCUT2D eigenvalue weighted by molar-refractivity contribution is 0.429. The fourth-order valence-corrected chi connectivity index (χ4v) is 2.04. The molecular formula is C11H22N2. The number of nitrogens with one attached hydrogen (secondary N) is 1. The predicted octanol–water partition coefficient (Wildman–Crippen LogP) is 2.63. The van der Waals surface area contributed by atoms with Gasteiger partial charge in [0.1, 0.15) is 0 Å². The SMILES string of the molecule is CC(C)[C@@H](CCC1C[C@@H]1C)C(=N)N. The largest absolute Gasteiger partial charge is 0.387 e. The fourth-order valence-electron chi connectivity index (χ4n) is 2.04. The van der Waals surface area contributed by atoms with Crippen LogP contribution in [0, 0.1) is 29.1 Å². The Bertz CT molecular complexity index is 187. The van der Waals surface area contributed by atoms with E-state index in [2.05, 4.69) is 20.8 Å². The average Bonchev–Trinajstić information content (AvgIpc) is 2.65. The first-order valence-corrected chi connectivity index (χ1v) is 5.36. The summed E-state index contributed by atoms with van der Waals surface area (Å²) >= 11 is 0. The Morgan fingerprint density at radius 2 is 2.08 bits per heavy atom. The third kappa shape index (κ3) is 3.02. The molecule has 0 aromatic rings. The van der Waals surface area contributed by atoms with Crippen LogP contribution in [0.15, 0.2) is 0 Å². The Labute approximate surface area is 81.4 Å². The molecule has 0 heterocycles. The normalized spacial score (nSPS) is 28.9. The van der Waals surface area contributed by atoms with E-state index in [0.717, 1.165) is 18.3 Å². The summed E-state index contributed by atoms with van der Waals surface area (Å²) in [5.74, 6) is 3.07. The highest BCUT2D eigenvalue weighted by atomic mass is 14.7. The molecule has 1 fully saturated rings. The van der Waals surface area contributed by atoms with Crippen molar-refractivity contribution in [2.75, 3.05) is 0 Å². The lowest BCUT2D eigenvalue weighted by atomic mass is 9.89. The van der Waals surface area contributed by atoms with E-state index in [1.807, 2.05) is 0 Å². The molecule has 1 saturated carbocycles. The highest BCUT2D eigenvalue weighted by molar-refractivity contribution is 5.79. The number of amidine groups is 1. The van der Waals surface area contributed by atoms with Gasteiger partial charge in [0.2, 0.25) is 0 Å². The van der Waals surface area contributed by atoms with E-state index in [-0.39, 0.29) is 0 Å². The van der Waals surface area contributed by atoms with Crippen LogP contribution in [-0.4, -0.2) is 5.84 Å². The molecule has 1 aliphatic rings. The molecule has 3 N–H and O–H groups in total. The van der Waals surface area contributed by atoms with Crippen LogP contribution in [0.3, 0.4) is 0 Å². The van der Waals surface area contributed by atoms with E-state index >= 15 is 0 Å². The quantitative estimate of drug-likeness (QED) is 0.498. The third-order valence-electron chi connectivity index (χ3n) is 3.33. The first kappa shape index (κ1) is 10.6. The van der Waals surface area contributed by atoms with E-state index in [4.69, 9.17) is 11.1 Å². The van der Waals surface area contributed by atoms with Crippen LogP contribution >= 0.6 is 0 Å². The molecule has 2 nitrogen and oxygen atoms in total. The van der Waals surface area contributed by atoms with Gasteiger partial charge in [0.15, 0.2) is 0 Å². The minimum atomic E-state index is 0.313. The monoisotopic (exact) mass is 182 g/mol. The first-order valence-electron chi connectivity index (χ1n) is 5.36. The maximum absolute atomic E-state index is 7.47. The highest BCUT2D eigenvalue weighted by Crippen LogP contribution is 2.42. The molecule has 0 bridgehead atoms. The second-order valence-electron chi connectivity index (χ2n) is 4.86. The van der Waals surface area contributed by atoms with Crippen LogP contribution in [0.5, 0.6) is 0 Å². The molecule has 76 valence electrons. The van der Waals surface area contributed by atoms with Crippen LogP contribution in [-0.2, 0) is 0 Å². The molecule has 13 heavy (non-hydrogen) atoms. The molecule has 0 aromatic carbocycles. The topological polar surface area (TPSA) is 49.9 Å². The van der Waals surface area contributed by atoms with Gasteiger partial charge in [0, 0.05) is 5.92 Å². The van der Waals surface area contributed by atoms with Crippen molar-refractivity contribution in [2.24, 2.45) is 29.4 Å². The Hall–Kier alpha value is -0.530. The van der Waals surface area contributed by atoms with E-state index in [1.54, 1.807) is 0 Å². The number of nitrogens with two attached hydrogens (primary N) is 1. The van der Waals surface area contributed by atoms with E-state index < -0.39 is 0 Å². The molecule has 0 aliphatic heterocycles. The molecule has 1 rings (SSSR count).